The summed E-state index contributed by atoms with van der Waals surface area (Å²) in [5.41, 5.74) is 0.379. The van der Waals surface area contributed by atoms with Gasteiger partial charge < -0.3 is 4.52 Å². The molecule has 2 atom stereocenters. The van der Waals surface area contributed by atoms with Gasteiger partial charge in [-0.3, -0.25) is 0 Å². The number of benzene rings is 1. The lowest BCUT2D eigenvalue weighted by atomic mass is 10.1. The third-order valence-corrected chi connectivity index (χ3v) is 4.54. The van der Waals surface area contributed by atoms with Gasteiger partial charge in [0.15, 0.2) is 0 Å². The summed E-state index contributed by atoms with van der Waals surface area (Å²) in [5.74, 6) is 0.225. The molecule has 0 aliphatic heterocycles. The van der Waals surface area contributed by atoms with Gasteiger partial charge in [-0.1, -0.05) is 34.9 Å². The fraction of sp³-hybridized carbons (Fsp3) is 0.357. The predicted molar refractivity (Wildman–Crippen MR) is 73.0 cm³/mol. The fourth-order valence-corrected chi connectivity index (χ4v) is 2.90. The summed E-state index contributed by atoms with van der Waals surface area (Å²) < 4.78 is 19.2. The normalized spacial score (nSPS) is 23.4. The maximum Gasteiger partial charge on any atom is 0.232 e. The molecule has 6 heteroatoms. The topological polar surface area (TPSA) is 62.7 Å². The molecule has 1 heterocycles. The molecule has 20 heavy (non-hydrogen) atoms. The number of aromatic nitrogens is 2. The van der Waals surface area contributed by atoms with Crippen molar-refractivity contribution in [2.45, 2.75) is 19.8 Å². The Kier molecular flexibility index (Phi) is 2.91. The monoisotopic (exact) mass is 335 g/mol. The second kappa shape index (κ2) is 4.38. The van der Waals surface area contributed by atoms with E-state index in [1.165, 1.54) is 12.1 Å². The molecular formula is C14H11BrFN3O. The average Bonchev–Trinajstić information content (AvgIpc) is 2.76. The van der Waals surface area contributed by atoms with Gasteiger partial charge in [-0.05, 0) is 23.6 Å². The molecule has 1 aromatic carbocycles. The lowest BCUT2D eigenvalue weighted by Crippen LogP contribution is -1.90. The Morgan fingerprint density at radius 3 is 2.85 bits per heavy atom. The van der Waals surface area contributed by atoms with Crippen molar-refractivity contribution in [1.29, 1.82) is 5.26 Å². The van der Waals surface area contributed by atoms with E-state index in [-0.39, 0.29) is 23.1 Å². The third kappa shape index (κ3) is 1.93. The minimum atomic E-state index is -0.365. The SMILES string of the molecule is CC1(C)C(C#N)C1c1nc(-c2cc(F)ccc2Br)no1. The van der Waals surface area contributed by atoms with Crippen LogP contribution in [0.1, 0.15) is 25.7 Å². The van der Waals surface area contributed by atoms with Crippen LogP contribution in [0.5, 0.6) is 0 Å². The van der Waals surface area contributed by atoms with E-state index in [1.807, 2.05) is 13.8 Å². The van der Waals surface area contributed by atoms with Crippen LogP contribution < -0.4 is 0 Å². The zero-order chi connectivity index (χ0) is 14.5. The second-order valence-electron chi connectivity index (χ2n) is 5.49. The molecule has 102 valence electrons. The average molecular weight is 336 g/mol. The lowest BCUT2D eigenvalue weighted by molar-refractivity contribution is 0.368. The van der Waals surface area contributed by atoms with Gasteiger partial charge in [-0.2, -0.15) is 10.2 Å². The van der Waals surface area contributed by atoms with Crippen LogP contribution in [0.4, 0.5) is 4.39 Å². The highest BCUT2D eigenvalue weighted by atomic mass is 79.9. The first-order valence-electron chi connectivity index (χ1n) is 6.14. The molecule has 0 bridgehead atoms. The number of halogens is 2. The largest absolute Gasteiger partial charge is 0.339 e. The van der Waals surface area contributed by atoms with Gasteiger partial charge in [0.25, 0.3) is 0 Å². The molecule has 1 aliphatic carbocycles. The first kappa shape index (κ1) is 13.3. The molecule has 2 unspecified atom stereocenters. The molecular weight excluding hydrogens is 325 g/mol. The standard InChI is InChI=1S/C14H11BrFN3O/c1-14(2)9(6-17)11(14)13-18-12(19-20-13)8-5-7(16)3-4-10(8)15/h3-5,9,11H,1-2H3. The van der Waals surface area contributed by atoms with Crippen molar-refractivity contribution in [1.82, 2.24) is 10.1 Å². The summed E-state index contributed by atoms with van der Waals surface area (Å²) in [6.07, 6.45) is 0. The van der Waals surface area contributed by atoms with E-state index in [0.717, 1.165) is 0 Å². The van der Waals surface area contributed by atoms with E-state index in [4.69, 9.17) is 9.78 Å². The van der Waals surface area contributed by atoms with Gasteiger partial charge in [-0.25, -0.2) is 4.39 Å². The zero-order valence-corrected chi connectivity index (χ0v) is 12.5. The molecule has 2 aromatic rings. The molecule has 0 amide bonds. The zero-order valence-electron chi connectivity index (χ0n) is 10.9. The van der Waals surface area contributed by atoms with Crippen molar-refractivity contribution >= 4 is 15.9 Å². The molecule has 1 fully saturated rings. The molecule has 1 aliphatic rings. The van der Waals surface area contributed by atoms with Gasteiger partial charge in [0, 0.05) is 10.0 Å². The molecule has 1 saturated carbocycles. The van der Waals surface area contributed by atoms with Gasteiger partial charge in [-0.15, -0.1) is 0 Å². The Balaban J connectivity index is 1.96. The smallest absolute Gasteiger partial charge is 0.232 e. The molecule has 0 spiro atoms. The highest BCUT2D eigenvalue weighted by Crippen LogP contribution is 2.63. The molecule has 4 nitrogen and oxygen atoms in total. The summed E-state index contributed by atoms with van der Waals surface area (Å²) in [5, 5.41) is 13.0. The van der Waals surface area contributed by atoms with E-state index in [9.17, 15) is 4.39 Å². The maximum atomic E-state index is 13.3. The van der Waals surface area contributed by atoms with Crippen molar-refractivity contribution < 1.29 is 8.91 Å². The summed E-state index contributed by atoms with van der Waals surface area (Å²) in [6.45, 7) is 3.99. The minimum absolute atomic E-state index is 0.0546. The van der Waals surface area contributed by atoms with Crippen molar-refractivity contribution in [3.8, 4) is 17.5 Å². The summed E-state index contributed by atoms with van der Waals surface area (Å²) in [7, 11) is 0. The first-order valence-corrected chi connectivity index (χ1v) is 6.93. The summed E-state index contributed by atoms with van der Waals surface area (Å²) in [6, 6.07) is 6.54. The number of hydrogen-bond donors (Lipinski definition) is 0. The predicted octanol–water partition coefficient (Wildman–Crippen LogP) is 3.90. The second-order valence-corrected chi connectivity index (χ2v) is 6.34. The van der Waals surface area contributed by atoms with Crippen molar-refractivity contribution in [2.75, 3.05) is 0 Å². The van der Waals surface area contributed by atoms with Crippen LogP contribution >= 0.6 is 15.9 Å². The van der Waals surface area contributed by atoms with Gasteiger partial charge in [0.2, 0.25) is 11.7 Å². The summed E-state index contributed by atoms with van der Waals surface area (Å²) >= 11 is 3.34. The van der Waals surface area contributed by atoms with E-state index in [1.54, 1.807) is 6.07 Å². The van der Waals surface area contributed by atoms with Crippen molar-refractivity contribution in [3.05, 3.63) is 34.4 Å². The Bertz CT molecular complexity index is 719. The fourth-order valence-electron chi connectivity index (χ4n) is 2.48. The van der Waals surface area contributed by atoms with Crippen LogP contribution in [0.15, 0.2) is 27.2 Å². The molecule has 0 N–H and O–H groups in total. The van der Waals surface area contributed by atoms with E-state index < -0.39 is 0 Å². The minimum Gasteiger partial charge on any atom is -0.339 e. The molecule has 3 rings (SSSR count). The van der Waals surface area contributed by atoms with E-state index in [2.05, 4.69) is 32.1 Å². The van der Waals surface area contributed by atoms with Crippen LogP contribution in [0.25, 0.3) is 11.4 Å². The van der Waals surface area contributed by atoms with Gasteiger partial charge in [0.05, 0.1) is 17.9 Å². The molecule has 0 saturated heterocycles. The van der Waals surface area contributed by atoms with E-state index in [0.29, 0.717) is 21.8 Å². The number of hydrogen-bond acceptors (Lipinski definition) is 4. The molecule has 1 aromatic heterocycles. The Morgan fingerprint density at radius 1 is 1.45 bits per heavy atom. The van der Waals surface area contributed by atoms with Gasteiger partial charge >= 0.3 is 0 Å². The first-order chi connectivity index (χ1) is 9.45. The van der Waals surface area contributed by atoms with Crippen LogP contribution in [-0.4, -0.2) is 10.1 Å². The van der Waals surface area contributed by atoms with E-state index >= 15 is 0 Å². The van der Waals surface area contributed by atoms with Crippen LogP contribution in [0, 0.1) is 28.5 Å². The quantitative estimate of drug-likeness (QED) is 0.834. The van der Waals surface area contributed by atoms with Crippen LogP contribution in [-0.2, 0) is 0 Å². The van der Waals surface area contributed by atoms with Crippen LogP contribution in [0.2, 0.25) is 0 Å². The van der Waals surface area contributed by atoms with Gasteiger partial charge in [0.1, 0.15) is 5.82 Å². The highest BCUT2D eigenvalue weighted by Gasteiger charge is 2.62. The number of nitrogens with zero attached hydrogens (tertiary/aromatic N) is 3. The number of nitriles is 1. The number of rotatable bonds is 2. The Hall–Kier alpha value is -1.74. The summed E-state index contributed by atoms with van der Waals surface area (Å²) in [4.78, 5) is 4.31. The lowest BCUT2D eigenvalue weighted by Gasteiger charge is -1.98. The highest BCUT2D eigenvalue weighted by molar-refractivity contribution is 9.10. The van der Waals surface area contributed by atoms with Crippen molar-refractivity contribution in [3.63, 3.8) is 0 Å². The molecule has 0 radical (unpaired) electrons. The maximum absolute atomic E-state index is 13.3. The third-order valence-electron chi connectivity index (χ3n) is 3.84. The van der Waals surface area contributed by atoms with Crippen LogP contribution in [0.3, 0.4) is 0 Å². The van der Waals surface area contributed by atoms with Crippen molar-refractivity contribution in [2.24, 2.45) is 11.3 Å². The Labute approximate surface area is 123 Å². The Morgan fingerprint density at radius 2 is 2.20 bits per heavy atom.